The van der Waals surface area contributed by atoms with Crippen LogP contribution in [0.15, 0.2) is 48.5 Å². The molecule has 0 fully saturated rings. The number of anilines is 2. The first-order valence-electron chi connectivity index (χ1n) is 8.65. The summed E-state index contributed by atoms with van der Waals surface area (Å²) < 4.78 is 29.2. The molecule has 29 heavy (non-hydrogen) atoms. The number of carbonyl (C=O) groups is 3. The Kier molecular flexibility index (Phi) is 7.11. The molecule has 0 radical (unpaired) electrons. The molecule has 0 aliphatic carbocycles. The van der Waals surface area contributed by atoms with Crippen LogP contribution in [0.4, 0.5) is 11.4 Å². The zero-order valence-corrected chi connectivity index (χ0v) is 17.2. The Morgan fingerprint density at radius 1 is 1.00 bits per heavy atom. The molecular weight excluding hydrogens is 396 g/mol. The molecule has 2 aromatic carbocycles. The van der Waals surface area contributed by atoms with Gasteiger partial charge in [-0.3, -0.25) is 18.7 Å². The molecule has 0 heterocycles. The summed E-state index contributed by atoms with van der Waals surface area (Å²) in [6.07, 6.45) is 1.07. The molecule has 0 saturated heterocycles. The Morgan fingerprint density at radius 2 is 1.59 bits per heavy atom. The summed E-state index contributed by atoms with van der Waals surface area (Å²) in [7, 11) is -1.98. The maximum absolute atomic E-state index is 12.2. The molecule has 0 spiro atoms. The summed E-state index contributed by atoms with van der Waals surface area (Å²) in [6.45, 7) is 0.990. The van der Waals surface area contributed by atoms with Crippen molar-refractivity contribution in [2.45, 2.75) is 13.3 Å². The third-order valence-electron chi connectivity index (χ3n) is 4.04. The summed E-state index contributed by atoms with van der Waals surface area (Å²) in [5, 5.41) is 2.63. The van der Waals surface area contributed by atoms with Crippen molar-refractivity contribution >= 4 is 39.1 Å². The number of carbonyl (C=O) groups excluding carboxylic acids is 3. The van der Waals surface area contributed by atoms with Gasteiger partial charge in [0.2, 0.25) is 15.9 Å². The van der Waals surface area contributed by atoms with Crippen molar-refractivity contribution in [3.05, 3.63) is 59.7 Å². The number of ether oxygens (including phenoxy) is 1. The van der Waals surface area contributed by atoms with E-state index in [1.54, 1.807) is 24.3 Å². The van der Waals surface area contributed by atoms with Gasteiger partial charge in [0.25, 0.3) is 0 Å². The van der Waals surface area contributed by atoms with Gasteiger partial charge in [0.1, 0.15) is 0 Å². The first kappa shape index (κ1) is 22.1. The monoisotopic (exact) mass is 418 g/mol. The molecule has 2 aromatic rings. The molecule has 0 aromatic heterocycles. The van der Waals surface area contributed by atoms with Gasteiger partial charge in [-0.1, -0.05) is 12.1 Å². The molecule has 2 rings (SSSR count). The predicted octanol–water partition coefficient (Wildman–Crippen LogP) is 2.01. The highest BCUT2D eigenvalue weighted by molar-refractivity contribution is 7.92. The fourth-order valence-electron chi connectivity index (χ4n) is 2.40. The van der Waals surface area contributed by atoms with Crippen molar-refractivity contribution in [1.29, 1.82) is 0 Å². The van der Waals surface area contributed by atoms with Gasteiger partial charge in [-0.05, 0) is 42.0 Å². The Labute approximate surface area is 169 Å². The number of hydrogen-bond acceptors (Lipinski definition) is 6. The van der Waals surface area contributed by atoms with Crippen LogP contribution in [0.5, 0.6) is 0 Å². The van der Waals surface area contributed by atoms with Crippen LogP contribution >= 0.6 is 0 Å². The zero-order valence-electron chi connectivity index (χ0n) is 16.3. The number of hydrogen-bond donors (Lipinski definition) is 1. The van der Waals surface area contributed by atoms with Crippen LogP contribution in [0.3, 0.4) is 0 Å². The highest BCUT2D eigenvalue weighted by atomic mass is 32.2. The van der Waals surface area contributed by atoms with E-state index in [2.05, 4.69) is 5.32 Å². The minimum Gasteiger partial charge on any atom is -0.457 e. The second-order valence-corrected chi connectivity index (χ2v) is 8.43. The number of esters is 1. The highest BCUT2D eigenvalue weighted by Gasteiger charge is 2.14. The van der Waals surface area contributed by atoms with E-state index < -0.39 is 28.4 Å². The minimum atomic E-state index is -3.39. The van der Waals surface area contributed by atoms with E-state index in [9.17, 15) is 22.8 Å². The number of sulfonamides is 1. The van der Waals surface area contributed by atoms with Crippen LogP contribution in [0.25, 0.3) is 0 Å². The molecule has 0 unspecified atom stereocenters. The van der Waals surface area contributed by atoms with E-state index in [4.69, 9.17) is 4.74 Å². The lowest BCUT2D eigenvalue weighted by Crippen LogP contribution is -2.24. The van der Waals surface area contributed by atoms with Gasteiger partial charge in [-0.25, -0.2) is 8.42 Å². The van der Waals surface area contributed by atoms with Gasteiger partial charge >= 0.3 is 5.97 Å². The molecule has 0 saturated carbocycles. The number of amides is 1. The first-order chi connectivity index (χ1) is 13.6. The van der Waals surface area contributed by atoms with Gasteiger partial charge in [0.15, 0.2) is 12.4 Å². The van der Waals surface area contributed by atoms with Crippen LogP contribution in [0, 0.1) is 0 Å². The van der Waals surface area contributed by atoms with Crippen molar-refractivity contribution < 1.29 is 27.5 Å². The molecule has 154 valence electrons. The average molecular weight is 418 g/mol. The maximum atomic E-state index is 12.2. The minimum absolute atomic E-state index is 0.00821. The van der Waals surface area contributed by atoms with E-state index in [-0.39, 0.29) is 12.3 Å². The Bertz CT molecular complexity index is 998. The lowest BCUT2D eigenvalue weighted by Gasteiger charge is -2.16. The summed E-state index contributed by atoms with van der Waals surface area (Å²) in [5.74, 6) is -1.14. The molecule has 0 atom stereocenters. The smallest absolute Gasteiger partial charge is 0.310 e. The number of nitrogens with zero attached hydrogens (tertiary/aromatic N) is 1. The van der Waals surface area contributed by atoms with Gasteiger partial charge in [-0.2, -0.15) is 0 Å². The highest BCUT2D eigenvalue weighted by Crippen LogP contribution is 2.17. The van der Waals surface area contributed by atoms with Gasteiger partial charge in [0.05, 0.1) is 18.4 Å². The van der Waals surface area contributed by atoms with E-state index in [1.165, 1.54) is 38.2 Å². The van der Waals surface area contributed by atoms with Gasteiger partial charge < -0.3 is 10.1 Å². The third-order valence-corrected chi connectivity index (χ3v) is 5.24. The van der Waals surface area contributed by atoms with Crippen LogP contribution in [0.2, 0.25) is 0 Å². The summed E-state index contributed by atoms with van der Waals surface area (Å²) in [6, 6.07) is 12.7. The molecule has 8 nitrogen and oxygen atoms in total. The van der Waals surface area contributed by atoms with Crippen molar-refractivity contribution in [3.63, 3.8) is 0 Å². The van der Waals surface area contributed by atoms with E-state index in [0.29, 0.717) is 22.5 Å². The van der Waals surface area contributed by atoms with Crippen molar-refractivity contribution in [3.8, 4) is 0 Å². The maximum Gasteiger partial charge on any atom is 0.310 e. The fourth-order valence-corrected chi connectivity index (χ4v) is 2.91. The second kappa shape index (κ2) is 9.33. The van der Waals surface area contributed by atoms with E-state index in [1.807, 2.05) is 0 Å². The van der Waals surface area contributed by atoms with Crippen molar-refractivity contribution in [2.24, 2.45) is 0 Å². The van der Waals surface area contributed by atoms with E-state index in [0.717, 1.165) is 10.6 Å². The standard InChI is InChI=1S/C20H22N2O6S/c1-14(23)21-17-8-4-15(5-9-17)12-20(25)28-13-19(24)16-6-10-18(11-7-16)22(2)29(3,26)27/h4-11H,12-13H2,1-3H3,(H,21,23). The Balaban J connectivity index is 1.88. The lowest BCUT2D eigenvalue weighted by atomic mass is 10.1. The predicted molar refractivity (Wildman–Crippen MR) is 109 cm³/mol. The van der Waals surface area contributed by atoms with Crippen molar-refractivity contribution in [1.82, 2.24) is 0 Å². The average Bonchev–Trinajstić information content (AvgIpc) is 2.66. The number of ketones is 1. The molecular formula is C20H22N2O6S. The summed E-state index contributed by atoms with van der Waals surface area (Å²) in [5.41, 5.74) is 2.03. The van der Waals surface area contributed by atoms with Crippen LogP contribution in [0.1, 0.15) is 22.8 Å². The number of benzene rings is 2. The van der Waals surface area contributed by atoms with E-state index >= 15 is 0 Å². The fraction of sp³-hybridized carbons (Fsp3) is 0.250. The van der Waals surface area contributed by atoms with Gasteiger partial charge in [-0.15, -0.1) is 0 Å². The van der Waals surface area contributed by atoms with Crippen molar-refractivity contribution in [2.75, 3.05) is 29.5 Å². The number of Topliss-reactive ketones (excluding diaryl/α,β-unsaturated/α-hetero) is 1. The third kappa shape index (κ3) is 6.72. The molecule has 0 aliphatic rings. The van der Waals surface area contributed by atoms with Crippen LogP contribution < -0.4 is 9.62 Å². The van der Waals surface area contributed by atoms with Gasteiger partial charge in [0, 0.05) is 25.2 Å². The van der Waals surface area contributed by atoms with Crippen LogP contribution in [-0.4, -0.2) is 46.0 Å². The topological polar surface area (TPSA) is 110 Å². The Morgan fingerprint density at radius 3 is 2.10 bits per heavy atom. The number of nitrogens with one attached hydrogen (secondary N) is 1. The number of rotatable bonds is 8. The normalized spacial score (nSPS) is 10.9. The molecule has 1 N–H and O–H groups in total. The second-order valence-electron chi connectivity index (χ2n) is 6.42. The molecule has 1 amide bonds. The SMILES string of the molecule is CC(=O)Nc1ccc(CC(=O)OCC(=O)c2ccc(N(C)S(C)(=O)=O)cc2)cc1. The Hall–Kier alpha value is -3.20. The largest absolute Gasteiger partial charge is 0.457 e. The zero-order chi connectivity index (χ0) is 21.6. The first-order valence-corrected chi connectivity index (χ1v) is 10.5. The van der Waals surface area contributed by atoms with Crippen LogP contribution in [-0.2, 0) is 30.8 Å². The molecule has 9 heteroatoms. The summed E-state index contributed by atoms with van der Waals surface area (Å²) >= 11 is 0. The molecule has 0 bridgehead atoms. The lowest BCUT2D eigenvalue weighted by molar-refractivity contribution is -0.141. The summed E-state index contributed by atoms with van der Waals surface area (Å²) in [4.78, 5) is 35.1. The quantitative estimate of drug-likeness (QED) is 0.519. The molecule has 0 aliphatic heterocycles.